The molecule has 0 amide bonds. The normalized spacial score (nSPS) is 18.1. The number of rotatable bonds is 4. The molecule has 1 atom stereocenters. The molecule has 0 spiro atoms. The zero-order chi connectivity index (χ0) is 15.4. The van der Waals surface area contributed by atoms with Gasteiger partial charge in [-0.05, 0) is 12.8 Å². The van der Waals surface area contributed by atoms with Crippen LogP contribution in [0, 0.1) is 5.82 Å². The van der Waals surface area contributed by atoms with Crippen LogP contribution in [0.4, 0.5) is 10.2 Å². The number of ether oxygens (including phenoxy) is 2. The summed E-state index contributed by atoms with van der Waals surface area (Å²) in [4.78, 5) is 17.7. The average molecular weight is 305 g/mol. The summed E-state index contributed by atoms with van der Waals surface area (Å²) in [6.07, 6.45) is 7.23. The van der Waals surface area contributed by atoms with Crippen molar-refractivity contribution in [2.45, 2.75) is 18.9 Å². The Morgan fingerprint density at radius 2 is 2.05 bits per heavy atom. The van der Waals surface area contributed by atoms with Gasteiger partial charge < -0.3 is 14.4 Å². The Morgan fingerprint density at radius 1 is 1.23 bits per heavy atom. The minimum atomic E-state index is -0.427. The van der Waals surface area contributed by atoms with Crippen molar-refractivity contribution in [2.75, 3.05) is 25.1 Å². The maximum Gasteiger partial charge on any atom is 0.316 e. The SMILES string of the molecule is COc1cnc(OC2CCCN(c3ncncc3F)C2)nc1. The minimum Gasteiger partial charge on any atom is -0.494 e. The van der Waals surface area contributed by atoms with Gasteiger partial charge in [0.1, 0.15) is 12.4 Å². The summed E-state index contributed by atoms with van der Waals surface area (Å²) < 4.78 is 24.5. The van der Waals surface area contributed by atoms with Crippen LogP contribution in [0.25, 0.3) is 0 Å². The molecule has 2 aromatic rings. The molecule has 1 fully saturated rings. The van der Waals surface area contributed by atoms with E-state index in [2.05, 4.69) is 19.9 Å². The molecule has 0 saturated carbocycles. The van der Waals surface area contributed by atoms with Crippen LogP contribution in [0.3, 0.4) is 0 Å². The van der Waals surface area contributed by atoms with Crippen molar-refractivity contribution < 1.29 is 13.9 Å². The molecule has 0 aliphatic carbocycles. The second-order valence-corrected chi connectivity index (χ2v) is 4.93. The molecule has 116 valence electrons. The topological polar surface area (TPSA) is 73.3 Å². The molecule has 1 saturated heterocycles. The molecule has 3 heterocycles. The third-order valence-electron chi connectivity index (χ3n) is 3.44. The average Bonchev–Trinajstić information content (AvgIpc) is 2.56. The van der Waals surface area contributed by atoms with Crippen molar-refractivity contribution in [2.24, 2.45) is 0 Å². The summed E-state index contributed by atoms with van der Waals surface area (Å²) in [5.41, 5.74) is 0. The number of methoxy groups -OCH3 is 1. The van der Waals surface area contributed by atoms with Crippen molar-refractivity contribution in [3.63, 3.8) is 0 Å². The van der Waals surface area contributed by atoms with Gasteiger partial charge in [0, 0.05) is 6.54 Å². The Morgan fingerprint density at radius 3 is 2.77 bits per heavy atom. The zero-order valence-corrected chi connectivity index (χ0v) is 12.1. The fourth-order valence-electron chi connectivity index (χ4n) is 2.39. The lowest BCUT2D eigenvalue weighted by molar-refractivity contribution is 0.163. The first-order valence-electron chi connectivity index (χ1n) is 6.99. The van der Waals surface area contributed by atoms with Gasteiger partial charge in [-0.3, -0.25) is 0 Å². The van der Waals surface area contributed by atoms with Crippen LogP contribution in [0.15, 0.2) is 24.9 Å². The summed E-state index contributed by atoms with van der Waals surface area (Å²) in [5, 5.41) is 0. The largest absolute Gasteiger partial charge is 0.494 e. The summed E-state index contributed by atoms with van der Waals surface area (Å²) in [6, 6.07) is 0.288. The van der Waals surface area contributed by atoms with Crippen LogP contribution in [0.1, 0.15) is 12.8 Å². The quantitative estimate of drug-likeness (QED) is 0.846. The molecule has 2 aromatic heterocycles. The highest BCUT2D eigenvalue weighted by Crippen LogP contribution is 2.22. The highest BCUT2D eigenvalue weighted by molar-refractivity contribution is 5.39. The van der Waals surface area contributed by atoms with Crippen LogP contribution < -0.4 is 14.4 Å². The molecule has 0 bridgehead atoms. The smallest absolute Gasteiger partial charge is 0.316 e. The molecule has 0 radical (unpaired) electrons. The van der Waals surface area contributed by atoms with Gasteiger partial charge in [-0.2, -0.15) is 9.97 Å². The van der Waals surface area contributed by atoms with Crippen molar-refractivity contribution in [1.29, 1.82) is 0 Å². The van der Waals surface area contributed by atoms with E-state index in [1.807, 2.05) is 4.90 Å². The Labute approximate surface area is 127 Å². The molecule has 1 unspecified atom stereocenters. The van der Waals surface area contributed by atoms with Gasteiger partial charge in [0.05, 0.1) is 32.2 Å². The van der Waals surface area contributed by atoms with Crippen LogP contribution in [0.5, 0.6) is 11.8 Å². The lowest BCUT2D eigenvalue weighted by Gasteiger charge is -2.33. The first-order chi connectivity index (χ1) is 10.8. The van der Waals surface area contributed by atoms with E-state index in [4.69, 9.17) is 9.47 Å². The van der Waals surface area contributed by atoms with Gasteiger partial charge >= 0.3 is 6.01 Å². The van der Waals surface area contributed by atoms with Crippen LogP contribution in [0.2, 0.25) is 0 Å². The lowest BCUT2D eigenvalue weighted by Crippen LogP contribution is -2.42. The predicted molar refractivity (Wildman–Crippen MR) is 76.4 cm³/mol. The van der Waals surface area contributed by atoms with Gasteiger partial charge in [-0.15, -0.1) is 0 Å². The molecule has 8 heteroatoms. The van der Waals surface area contributed by atoms with Crippen molar-refractivity contribution in [1.82, 2.24) is 19.9 Å². The number of nitrogens with zero attached hydrogens (tertiary/aromatic N) is 5. The van der Waals surface area contributed by atoms with Crippen LogP contribution >= 0.6 is 0 Å². The number of anilines is 1. The van der Waals surface area contributed by atoms with E-state index >= 15 is 0 Å². The lowest BCUT2D eigenvalue weighted by atomic mass is 10.1. The van der Waals surface area contributed by atoms with E-state index in [9.17, 15) is 4.39 Å². The van der Waals surface area contributed by atoms with E-state index < -0.39 is 5.82 Å². The van der Waals surface area contributed by atoms with Crippen LogP contribution in [-0.2, 0) is 0 Å². The monoisotopic (exact) mass is 305 g/mol. The molecular formula is C14H16FN5O2. The minimum absolute atomic E-state index is 0.114. The Kier molecular flexibility index (Phi) is 4.27. The van der Waals surface area contributed by atoms with Crippen LogP contribution in [-0.4, -0.2) is 46.2 Å². The fourth-order valence-corrected chi connectivity index (χ4v) is 2.39. The predicted octanol–water partition coefficient (Wildman–Crippen LogP) is 1.46. The van der Waals surface area contributed by atoms with E-state index in [0.29, 0.717) is 18.1 Å². The van der Waals surface area contributed by atoms with E-state index in [0.717, 1.165) is 19.4 Å². The van der Waals surface area contributed by atoms with Gasteiger partial charge in [-0.25, -0.2) is 14.4 Å². The van der Waals surface area contributed by atoms with E-state index in [-0.39, 0.29) is 12.1 Å². The highest BCUT2D eigenvalue weighted by atomic mass is 19.1. The fraction of sp³-hybridized carbons (Fsp3) is 0.429. The maximum absolute atomic E-state index is 13.8. The Hall–Kier alpha value is -2.51. The first-order valence-corrected chi connectivity index (χ1v) is 6.99. The third-order valence-corrected chi connectivity index (χ3v) is 3.44. The highest BCUT2D eigenvalue weighted by Gasteiger charge is 2.24. The molecule has 22 heavy (non-hydrogen) atoms. The number of piperidine rings is 1. The van der Waals surface area contributed by atoms with Crippen molar-refractivity contribution >= 4 is 5.82 Å². The zero-order valence-electron chi connectivity index (χ0n) is 12.1. The third kappa shape index (κ3) is 3.21. The second kappa shape index (κ2) is 6.50. The second-order valence-electron chi connectivity index (χ2n) is 4.93. The van der Waals surface area contributed by atoms with Gasteiger partial charge in [-0.1, -0.05) is 0 Å². The number of hydrogen-bond donors (Lipinski definition) is 0. The molecule has 1 aliphatic heterocycles. The molecule has 3 rings (SSSR count). The molecule has 0 aromatic carbocycles. The molecule has 7 nitrogen and oxygen atoms in total. The number of hydrogen-bond acceptors (Lipinski definition) is 7. The van der Waals surface area contributed by atoms with E-state index in [1.54, 1.807) is 19.5 Å². The summed E-state index contributed by atoms with van der Waals surface area (Å²) in [7, 11) is 1.55. The summed E-state index contributed by atoms with van der Waals surface area (Å²) in [5.74, 6) is 0.448. The summed E-state index contributed by atoms with van der Waals surface area (Å²) >= 11 is 0. The standard InChI is InChI=1S/C14H16FN5O2/c1-21-11-5-17-14(18-6-11)22-10-3-2-4-20(8-10)13-12(15)7-16-9-19-13/h5-7,9-10H,2-4,8H2,1H3. The number of halogens is 1. The Bertz CT molecular complexity index is 625. The maximum atomic E-state index is 13.8. The van der Waals surface area contributed by atoms with Crippen molar-refractivity contribution in [3.05, 3.63) is 30.7 Å². The summed E-state index contributed by atoms with van der Waals surface area (Å²) in [6.45, 7) is 1.26. The van der Waals surface area contributed by atoms with Crippen molar-refractivity contribution in [3.8, 4) is 11.8 Å². The van der Waals surface area contributed by atoms with Gasteiger partial charge in [0.25, 0.3) is 0 Å². The molecular weight excluding hydrogens is 289 g/mol. The molecule has 1 aliphatic rings. The molecule has 0 N–H and O–H groups in total. The van der Waals surface area contributed by atoms with Gasteiger partial charge in [0.2, 0.25) is 0 Å². The number of aromatic nitrogens is 4. The van der Waals surface area contributed by atoms with E-state index in [1.165, 1.54) is 12.5 Å². The Balaban J connectivity index is 1.66. The van der Waals surface area contributed by atoms with Gasteiger partial charge in [0.15, 0.2) is 17.4 Å². The first kappa shape index (κ1) is 14.4.